The Labute approximate surface area is 122 Å². The van der Waals surface area contributed by atoms with Gasteiger partial charge in [-0.15, -0.1) is 0 Å². The fourth-order valence-electron chi connectivity index (χ4n) is 1.98. The van der Waals surface area contributed by atoms with Crippen LogP contribution >= 0.6 is 0 Å². The lowest BCUT2D eigenvalue weighted by atomic mass is 10.2. The molecule has 0 aliphatic carbocycles. The average Bonchev–Trinajstić information content (AvgIpc) is 2.48. The van der Waals surface area contributed by atoms with Crippen LogP contribution in [0.3, 0.4) is 0 Å². The highest BCUT2D eigenvalue weighted by Crippen LogP contribution is 2.16. The van der Waals surface area contributed by atoms with E-state index in [4.69, 9.17) is 0 Å². The van der Waals surface area contributed by atoms with E-state index >= 15 is 0 Å². The molecular weight excluding hydrogens is 252 g/mol. The van der Waals surface area contributed by atoms with Crippen LogP contribution in [0, 0.1) is 0 Å². The van der Waals surface area contributed by atoms with E-state index in [1.807, 2.05) is 14.1 Å². The summed E-state index contributed by atoms with van der Waals surface area (Å²) >= 11 is 0. The molecule has 1 N–H and O–H groups in total. The third-order valence-corrected chi connectivity index (χ3v) is 3.32. The highest BCUT2D eigenvalue weighted by molar-refractivity contribution is 5.44. The molecule has 114 valence electrons. The Bertz CT molecular complexity index is 391. The van der Waals surface area contributed by atoms with Gasteiger partial charge in [0.2, 0.25) is 17.8 Å². The van der Waals surface area contributed by atoms with Crippen molar-refractivity contribution in [2.24, 2.45) is 0 Å². The minimum Gasteiger partial charge on any atom is -0.357 e. The lowest BCUT2D eigenvalue weighted by Crippen LogP contribution is -2.27. The van der Waals surface area contributed by atoms with E-state index in [0.717, 1.165) is 38.0 Å². The van der Waals surface area contributed by atoms with E-state index in [9.17, 15) is 0 Å². The lowest BCUT2D eigenvalue weighted by molar-refractivity contribution is 0.693. The molecule has 1 heterocycles. The Kier molecular flexibility index (Phi) is 7.04. The zero-order chi connectivity index (χ0) is 15.0. The molecule has 0 amide bonds. The van der Waals surface area contributed by atoms with Crippen LogP contribution in [0.15, 0.2) is 0 Å². The fourth-order valence-corrected chi connectivity index (χ4v) is 1.98. The standard InChI is InChI=1S/C14H28N6/c1-6-9-10-11-19(5)13-16-12(15-4)17-14(18-13)20(7-2)8-3/h6-11H2,1-5H3,(H,15,16,17,18). The van der Waals surface area contributed by atoms with E-state index in [1.165, 1.54) is 12.8 Å². The number of unbranched alkanes of at least 4 members (excludes halogenated alkanes) is 2. The molecule has 0 atom stereocenters. The number of nitrogens with one attached hydrogen (secondary N) is 1. The first-order chi connectivity index (χ1) is 9.65. The van der Waals surface area contributed by atoms with Crippen molar-refractivity contribution in [3.63, 3.8) is 0 Å². The minimum absolute atomic E-state index is 0.624. The van der Waals surface area contributed by atoms with Crippen molar-refractivity contribution in [1.29, 1.82) is 0 Å². The number of nitrogens with zero attached hydrogens (tertiary/aromatic N) is 5. The minimum atomic E-state index is 0.624. The molecule has 0 radical (unpaired) electrons. The van der Waals surface area contributed by atoms with Crippen LogP contribution in [0.4, 0.5) is 17.8 Å². The first kappa shape index (κ1) is 16.5. The second-order valence-electron chi connectivity index (χ2n) is 4.81. The summed E-state index contributed by atoms with van der Waals surface area (Å²) in [5.74, 6) is 2.10. The van der Waals surface area contributed by atoms with Crippen molar-refractivity contribution in [3.8, 4) is 0 Å². The van der Waals surface area contributed by atoms with Gasteiger partial charge in [-0.05, 0) is 20.3 Å². The second kappa shape index (κ2) is 8.55. The summed E-state index contributed by atoms with van der Waals surface area (Å²) in [6.07, 6.45) is 3.61. The molecule has 6 heteroatoms. The summed E-state index contributed by atoms with van der Waals surface area (Å²) in [7, 11) is 3.87. The van der Waals surface area contributed by atoms with Gasteiger partial charge in [0.25, 0.3) is 0 Å². The number of rotatable bonds is 9. The second-order valence-corrected chi connectivity index (χ2v) is 4.81. The lowest BCUT2D eigenvalue weighted by Gasteiger charge is -2.22. The molecule has 0 saturated carbocycles. The predicted octanol–water partition coefficient (Wildman–Crippen LogP) is 2.39. The normalized spacial score (nSPS) is 10.4. The van der Waals surface area contributed by atoms with Gasteiger partial charge in [0.1, 0.15) is 0 Å². The molecule has 0 aliphatic rings. The third kappa shape index (κ3) is 4.51. The molecular formula is C14H28N6. The molecule has 1 rings (SSSR count). The van der Waals surface area contributed by atoms with Crippen LogP contribution in [-0.4, -0.2) is 48.7 Å². The van der Waals surface area contributed by atoms with Gasteiger partial charge < -0.3 is 15.1 Å². The van der Waals surface area contributed by atoms with Gasteiger partial charge in [-0.1, -0.05) is 19.8 Å². The van der Waals surface area contributed by atoms with Crippen molar-refractivity contribution in [1.82, 2.24) is 15.0 Å². The Morgan fingerprint density at radius 2 is 1.60 bits per heavy atom. The number of aromatic nitrogens is 3. The SMILES string of the molecule is CCCCCN(C)c1nc(NC)nc(N(CC)CC)n1. The van der Waals surface area contributed by atoms with E-state index in [0.29, 0.717) is 5.95 Å². The van der Waals surface area contributed by atoms with E-state index in [2.05, 4.69) is 50.8 Å². The highest BCUT2D eigenvalue weighted by Gasteiger charge is 2.13. The summed E-state index contributed by atoms with van der Waals surface area (Å²) in [5, 5.41) is 3.02. The molecule has 0 saturated heterocycles. The molecule has 0 aromatic carbocycles. The Morgan fingerprint density at radius 3 is 2.15 bits per heavy atom. The molecule has 0 unspecified atom stereocenters. The van der Waals surface area contributed by atoms with E-state index in [1.54, 1.807) is 0 Å². The van der Waals surface area contributed by atoms with E-state index < -0.39 is 0 Å². The van der Waals surface area contributed by atoms with Crippen molar-refractivity contribution in [2.45, 2.75) is 40.0 Å². The van der Waals surface area contributed by atoms with Crippen LogP contribution in [0.2, 0.25) is 0 Å². The quantitative estimate of drug-likeness (QED) is 0.701. The fraction of sp³-hybridized carbons (Fsp3) is 0.786. The van der Waals surface area contributed by atoms with Crippen LogP contribution in [0.1, 0.15) is 40.0 Å². The van der Waals surface area contributed by atoms with Crippen LogP contribution in [0.5, 0.6) is 0 Å². The third-order valence-electron chi connectivity index (χ3n) is 3.32. The predicted molar refractivity (Wildman–Crippen MR) is 85.7 cm³/mol. The largest absolute Gasteiger partial charge is 0.357 e. The zero-order valence-corrected chi connectivity index (χ0v) is 13.5. The summed E-state index contributed by atoms with van der Waals surface area (Å²) in [4.78, 5) is 17.7. The monoisotopic (exact) mass is 280 g/mol. The van der Waals surface area contributed by atoms with Crippen LogP contribution < -0.4 is 15.1 Å². The van der Waals surface area contributed by atoms with Crippen molar-refractivity contribution < 1.29 is 0 Å². The smallest absolute Gasteiger partial charge is 0.231 e. The Morgan fingerprint density at radius 1 is 0.950 bits per heavy atom. The zero-order valence-electron chi connectivity index (χ0n) is 13.5. The van der Waals surface area contributed by atoms with Gasteiger partial charge in [0, 0.05) is 33.7 Å². The topological polar surface area (TPSA) is 57.2 Å². The van der Waals surface area contributed by atoms with Crippen molar-refractivity contribution in [3.05, 3.63) is 0 Å². The number of anilines is 3. The summed E-state index contributed by atoms with van der Waals surface area (Å²) < 4.78 is 0. The van der Waals surface area contributed by atoms with Gasteiger partial charge in [-0.25, -0.2) is 0 Å². The first-order valence-electron chi connectivity index (χ1n) is 7.56. The maximum atomic E-state index is 4.59. The van der Waals surface area contributed by atoms with Gasteiger partial charge in [0.15, 0.2) is 0 Å². The maximum Gasteiger partial charge on any atom is 0.231 e. The van der Waals surface area contributed by atoms with Gasteiger partial charge >= 0.3 is 0 Å². The van der Waals surface area contributed by atoms with Crippen LogP contribution in [0.25, 0.3) is 0 Å². The highest BCUT2D eigenvalue weighted by atomic mass is 15.3. The molecule has 0 bridgehead atoms. The summed E-state index contributed by atoms with van der Waals surface area (Å²) in [6.45, 7) is 9.18. The van der Waals surface area contributed by atoms with Crippen LogP contribution in [-0.2, 0) is 0 Å². The van der Waals surface area contributed by atoms with Gasteiger partial charge in [-0.2, -0.15) is 15.0 Å². The Balaban J connectivity index is 2.91. The van der Waals surface area contributed by atoms with E-state index in [-0.39, 0.29) is 0 Å². The number of hydrogen-bond donors (Lipinski definition) is 1. The average molecular weight is 280 g/mol. The Hall–Kier alpha value is -1.59. The summed E-state index contributed by atoms with van der Waals surface area (Å²) in [5.41, 5.74) is 0. The van der Waals surface area contributed by atoms with Gasteiger partial charge in [0.05, 0.1) is 0 Å². The first-order valence-corrected chi connectivity index (χ1v) is 7.56. The molecule has 1 aromatic rings. The maximum absolute atomic E-state index is 4.59. The molecule has 6 nitrogen and oxygen atoms in total. The number of hydrogen-bond acceptors (Lipinski definition) is 6. The summed E-state index contributed by atoms with van der Waals surface area (Å²) in [6, 6.07) is 0. The van der Waals surface area contributed by atoms with Crippen molar-refractivity contribution >= 4 is 17.8 Å². The molecule has 0 aliphatic heterocycles. The molecule has 1 aromatic heterocycles. The molecule has 0 spiro atoms. The van der Waals surface area contributed by atoms with Crippen molar-refractivity contribution in [2.75, 3.05) is 48.8 Å². The molecule has 0 fully saturated rings. The van der Waals surface area contributed by atoms with Gasteiger partial charge in [-0.3, -0.25) is 0 Å². The molecule has 20 heavy (non-hydrogen) atoms.